The molecule has 0 heterocycles. The first-order chi connectivity index (χ1) is 27.9. The van der Waals surface area contributed by atoms with Crippen LogP contribution < -0.4 is 0 Å². The second-order valence-corrected chi connectivity index (χ2v) is 25.3. The minimum atomic E-state index is -2.31. The van der Waals surface area contributed by atoms with Crippen molar-refractivity contribution < 1.29 is 13.6 Å². The van der Waals surface area contributed by atoms with Gasteiger partial charge in [-0.05, 0) is 169 Å². The Balaban J connectivity index is 1.28. The maximum absolute atomic E-state index is 7.08. The van der Waals surface area contributed by atoms with Crippen molar-refractivity contribution in [2.75, 3.05) is 11.9 Å². The summed E-state index contributed by atoms with van der Waals surface area (Å²) in [5, 5.41) is 1.10. The smallest absolute Gasteiger partial charge is 0.333 e. The van der Waals surface area contributed by atoms with Gasteiger partial charge in [0.25, 0.3) is 0 Å². The highest BCUT2D eigenvalue weighted by Crippen LogP contribution is 2.67. The Kier molecular flexibility index (Phi) is 23.0. The number of hydrogen-bond donors (Lipinski definition) is 0. The molecule has 0 bridgehead atoms. The first kappa shape index (κ1) is 50.4. The fraction of sp³-hybridized carbons (Fsp3) is 0.887. The molecule has 58 heavy (non-hydrogen) atoms. The zero-order valence-electron chi connectivity index (χ0n) is 39.6. The minimum Gasteiger partial charge on any atom is -0.394 e. The maximum Gasteiger partial charge on any atom is 0.333 e. The summed E-state index contributed by atoms with van der Waals surface area (Å²) in [7, 11) is -2.31. The third-order valence-electron chi connectivity index (χ3n) is 15.9. The summed E-state index contributed by atoms with van der Waals surface area (Å²) < 4.78 is 20.5. The Labute approximate surface area is 370 Å². The molecule has 3 nitrogen and oxygen atoms in total. The lowest BCUT2D eigenvalue weighted by molar-refractivity contribution is -0.150. The van der Waals surface area contributed by atoms with Crippen LogP contribution >= 0.6 is 15.9 Å². The van der Waals surface area contributed by atoms with E-state index in [1.165, 1.54) is 148 Å². The SMILES string of the molecule is CCCCC/C=C\C/C=C\CCCCCCCC(OC1CCC2(C)C(=CCC3C2CCC2(C)C(C(C)CCCC(C)C)CCC32)C1)O[Si](C)(C)OCCCCCCBr. The Hall–Kier alpha value is -0.203. The molecular formula is C53H95BrO3Si. The standard InChI is InChI=1S/C53H95BrO3Si/c1-9-10-11-12-13-14-15-16-17-18-19-20-21-22-25-31-51(57-58(7,8)55-41-27-24-23-26-40-54)56-46-36-38-52(5)45(42-46)32-33-47-49-35-34-48(44(4)30-28-29-43(2)3)53(49,6)39-37-50(47)52/h13-14,16-17,32,43-44,46-51H,9-12,15,18-31,33-42H2,1-8H3/b14-13-,17-16-. The van der Waals surface area contributed by atoms with Gasteiger partial charge in [0.1, 0.15) is 6.29 Å². The number of halogens is 1. The first-order valence-electron chi connectivity index (χ1n) is 25.5. The quantitative estimate of drug-likeness (QED) is 0.0236. The molecule has 3 fully saturated rings. The number of unbranched alkanes of at least 4 members (excludes halogenated alkanes) is 11. The summed E-state index contributed by atoms with van der Waals surface area (Å²) in [4.78, 5) is 0. The number of allylic oxidation sites excluding steroid dienone is 5. The van der Waals surface area contributed by atoms with E-state index < -0.39 is 8.56 Å². The first-order valence-corrected chi connectivity index (χ1v) is 29.4. The molecule has 9 atom stereocenters. The monoisotopic (exact) mass is 887 g/mol. The molecule has 9 unspecified atom stereocenters. The number of hydrogen-bond acceptors (Lipinski definition) is 3. The number of rotatable bonds is 30. The lowest BCUT2D eigenvalue weighted by Gasteiger charge is -2.58. The molecule has 4 aliphatic carbocycles. The van der Waals surface area contributed by atoms with Crippen LogP contribution in [0.1, 0.15) is 215 Å². The highest BCUT2D eigenvalue weighted by molar-refractivity contribution is 9.09. The van der Waals surface area contributed by atoms with E-state index in [1.54, 1.807) is 5.57 Å². The maximum atomic E-state index is 7.08. The van der Waals surface area contributed by atoms with Crippen molar-refractivity contribution in [3.8, 4) is 0 Å². The van der Waals surface area contributed by atoms with Crippen molar-refractivity contribution in [1.82, 2.24) is 0 Å². The van der Waals surface area contributed by atoms with Crippen LogP contribution in [0.25, 0.3) is 0 Å². The number of ether oxygens (including phenoxy) is 1. The van der Waals surface area contributed by atoms with Gasteiger partial charge in [-0.1, -0.05) is 158 Å². The lowest BCUT2D eigenvalue weighted by Crippen LogP contribution is -2.51. The van der Waals surface area contributed by atoms with Crippen molar-refractivity contribution >= 4 is 24.5 Å². The fourth-order valence-electron chi connectivity index (χ4n) is 12.5. The predicted molar refractivity (Wildman–Crippen MR) is 258 cm³/mol. The predicted octanol–water partition coefficient (Wildman–Crippen LogP) is 17.2. The van der Waals surface area contributed by atoms with E-state index in [9.17, 15) is 0 Å². The second-order valence-electron chi connectivity index (χ2n) is 21.2. The van der Waals surface area contributed by atoms with Crippen molar-refractivity contribution in [3.05, 3.63) is 36.0 Å². The van der Waals surface area contributed by atoms with Crippen molar-refractivity contribution in [1.29, 1.82) is 0 Å². The molecule has 0 aliphatic heterocycles. The molecule has 0 aromatic heterocycles. The molecule has 0 amide bonds. The molecule has 0 spiro atoms. The van der Waals surface area contributed by atoms with Crippen molar-refractivity contribution in [2.45, 2.75) is 240 Å². The van der Waals surface area contributed by atoms with Gasteiger partial charge in [0.2, 0.25) is 0 Å². The summed E-state index contributed by atoms with van der Waals surface area (Å²) in [6.45, 7) is 20.4. The van der Waals surface area contributed by atoms with Gasteiger partial charge in [-0.3, -0.25) is 0 Å². The summed E-state index contributed by atoms with van der Waals surface area (Å²) in [6, 6.07) is 0. The lowest BCUT2D eigenvalue weighted by atomic mass is 9.47. The normalized spacial score (nSPS) is 29.8. The topological polar surface area (TPSA) is 27.7 Å². The van der Waals surface area contributed by atoms with Crippen LogP contribution in [0.3, 0.4) is 0 Å². The zero-order valence-corrected chi connectivity index (χ0v) is 42.2. The highest BCUT2D eigenvalue weighted by atomic mass is 79.9. The molecule has 0 N–H and O–H groups in total. The molecule has 0 radical (unpaired) electrons. The molecule has 5 heteroatoms. The van der Waals surface area contributed by atoms with Gasteiger partial charge in [0.15, 0.2) is 0 Å². The van der Waals surface area contributed by atoms with E-state index in [4.69, 9.17) is 13.6 Å². The minimum absolute atomic E-state index is 0.146. The van der Waals surface area contributed by atoms with Crippen LogP contribution in [-0.4, -0.2) is 32.9 Å². The summed E-state index contributed by atoms with van der Waals surface area (Å²) >= 11 is 3.57. The molecule has 0 aromatic carbocycles. The highest BCUT2D eigenvalue weighted by Gasteiger charge is 2.59. The summed E-state index contributed by atoms with van der Waals surface area (Å²) in [5.74, 6) is 5.31. The molecule has 4 aliphatic rings. The third kappa shape index (κ3) is 15.9. The second kappa shape index (κ2) is 26.4. The van der Waals surface area contributed by atoms with E-state index in [-0.39, 0.29) is 12.4 Å². The van der Waals surface area contributed by atoms with Crippen molar-refractivity contribution in [3.63, 3.8) is 0 Å². The van der Waals surface area contributed by atoms with E-state index >= 15 is 0 Å². The van der Waals surface area contributed by atoms with Gasteiger partial charge < -0.3 is 13.6 Å². The largest absolute Gasteiger partial charge is 0.394 e. The molecule has 3 saturated carbocycles. The van der Waals surface area contributed by atoms with E-state index in [0.29, 0.717) is 10.8 Å². The fourth-order valence-corrected chi connectivity index (χ4v) is 14.4. The van der Waals surface area contributed by atoms with Crippen molar-refractivity contribution in [2.24, 2.45) is 46.3 Å². The summed E-state index contributed by atoms with van der Waals surface area (Å²) in [5.41, 5.74) is 2.64. The Morgan fingerprint density at radius 1 is 0.759 bits per heavy atom. The molecule has 4 rings (SSSR count). The Morgan fingerprint density at radius 3 is 2.21 bits per heavy atom. The van der Waals surface area contributed by atoms with Gasteiger partial charge >= 0.3 is 8.56 Å². The number of alkyl halides is 1. The zero-order chi connectivity index (χ0) is 41.9. The van der Waals surface area contributed by atoms with Crippen LogP contribution in [0, 0.1) is 46.3 Å². The average Bonchev–Trinajstić information content (AvgIpc) is 3.55. The van der Waals surface area contributed by atoms with E-state index in [0.717, 1.165) is 73.1 Å². The van der Waals surface area contributed by atoms with Gasteiger partial charge in [-0.15, -0.1) is 0 Å². The number of fused-ring (bicyclic) bond motifs is 5. The van der Waals surface area contributed by atoms with Crippen LogP contribution in [0.5, 0.6) is 0 Å². The van der Waals surface area contributed by atoms with Gasteiger partial charge in [0, 0.05) is 11.9 Å². The van der Waals surface area contributed by atoms with Gasteiger partial charge in [-0.2, -0.15) is 0 Å². The van der Waals surface area contributed by atoms with Crippen LogP contribution in [0.4, 0.5) is 0 Å². The van der Waals surface area contributed by atoms with Crippen LogP contribution in [0.15, 0.2) is 36.0 Å². The van der Waals surface area contributed by atoms with Crippen LogP contribution in [0.2, 0.25) is 13.1 Å². The average molecular weight is 888 g/mol. The van der Waals surface area contributed by atoms with Gasteiger partial charge in [0.05, 0.1) is 6.10 Å². The molecule has 0 saturated heterocycles. The summed E-state index contributed by atoms with van der Waals surface area (Å²) in [6.07, 6.45) is 47.1. The van der Waals surface area contributed by atoms with Gasteiger partial charge in [-0.25, -0.2) is 0 Å². The Morgan fingerprint density at radius 2 is 1.47 bits per heavy atom. The van der Waals surface area contributed by atoms with Crippen LogP contribution in [-0.2, 0) is 13.6 Å². The molecule has 0 aromatic rings. The van der Waals surface area contributed by atoms with E-state index in [1.807, 2.05) is 0 Å². The third-order valence-corrected chi connectivity index (χ3v) is 18.2. The Bertz CT molecular complexity index is 1210. The molecule has 336 valence electrons. The van der Waals surface area contributed by atoms with E-state index in [2.05, 4.69) is 101 Å². The molecular weight excluding hydrogens is 793 g/mol.